The van der Waals surface area contributed by atoms with Gasteiger partial charge in [-0.2, -0.15) is 5.10 Å². The maximum Gasteiger partial charge on any atom is 0.277 e. The number of carbonyl (C=O) groups excluding carboxylic acids is 1. The second-order valence-electron chi connectivity index (χ2n) is 5.76. The average molecular weight is 320 g/mol. The van der Waals surface area contributed by atoms with E-state index >= 15 is 0 Å². The average Bonchev–Trinajstić information content (AvgIpc) is 2.94. The van der Waals surface area contributed by atoms with E-state index in [1.807, 2.05) is 44.3 Å². The lowest BCUT2D eigenvalue weighted by atomic mass is 10.0. The summed E-state index contributed by atoms with van der Waals surface area (Å²) >= 11 is 0. The maximum atomic E-state index is 12.6. The van der Waals surface area contributed by atoms with Gasteiger partial charge in [0.15, 0.2) is 5.69 Å². The van der Waals surface area contributed by atoms with Crippen molar-refractivity contribution in [3.63, 3.8) is 0 Å². The van der Waals surface area contributed by atoms with Gasteiger partial charge in [0, 0.05) is 24.4 Å². The molecule has 1 amide bonds. The number of para-hydroxylation sites is 1. The molecule has 0 saturated heterocycles. The summed E-state index contributed by atoms with van der Waals surface area (Å²) in [6, 6.07) is 11.4. The monoisotopic (exact) mass is 320 g/mol. The molecular formula is C18H16N4O2. The van der Waals surface area contributed by atoms with Crippen LogP contribution in [0, 0.1) is 6.92 Å². The Bertz CT molecular complexity index is 929. The topological polar surface area (TPSA) is 69.0 Å². The molecule has 6 nitrogen and oxygen atoms in total. The molecule has 1 aliphatic heterocycles. The lowest BCUT2D eigenvalue weighted by molar-refractivity contribution is 0.101. The zero-order valence-corrected chi connectivity index (χ0v) is 13.4. The number of hydrogen-bond donors (Lipinski definition) is 1. The summed E-state index contributed by atoms with van der Waals surface area (Å²) < 4.78 is 7.50. The molecule has 3 aromatic rings. The van der Waals surface area contributed by atoms with Crippen LogP contribution in [0.4, 0.5) is 5.82 Å². The van der Waals surface area contributed by atoms with Crippen LogP contribution in [0.2, 0.25) is 0 Å². The minimum Gasteiger partial charge on any atom is -0.488 e. The van der Waals surface area contributed by atoms with Crippen LogP contribution in [0.1, 0.15) is 21.6 Å². The third-order valence-corrected chi connectivity index (χ3v) is 4.03. The van der Waals surface area contributed by atoms with E-state index in [-0.39, 0.29) is 5.91 Å². The lowest BCUT2D eigenvalue weighted by Gasteiger charge is -2.18. The van der Waals surface area contributed by atoms with Crippen molar-refractivity contribution in [1.29, 1.82) is 0 Å². The van der Waals surface area contributed by atoms with Crippen molar-refractivity contribution >= 4 is 11.7 Å². The molecule has 0 radical (unpaired) electrons. The molecule has 4 rings (SSSR count). The summed E-state index contributed by atoms with van der Waals surface area (Å²) in [5, 5.41) is 7.19. The fourth-order valence-corrected chi connectivity index (χ4v) is 2.88. The Kier molecular flexibility index (Phi) is 3.30. The summed E-state index contributed by atoms with van der Waals surface area (Å²) in [7, 11) is 1.84. The van der Waals surface area contributed by atoms with Gasteiger partial charge in [0.25, 0.3) is 5.91 Å². The van der Waals surface area contributed by atoms with Crippen LogP contribution in [0.15, 0.2) is 42.6 Å². The van der Waals surface area contributed by atoms with Crippen molar-refractivity contribution in [2.75, 3.05) is 5.32 Å². The van der Waals surface area contributed by atoms with Gasteiger partial charge in [-0.25, -0.2) is 4.98 Å². The summed E-state index contributed by atoms with van der Waals surface area (Å²) in [4.78, 5) is 16.8. The first-order valence-corrected chi connectivity index (χ1v) is 7.65. The number of benzene rings is 1. The number of pyridine rings is 1. The Balaban J connectivity index is 1.71. The normalized spacial score (nSPS) is 12.1. The largest absolute Gasteiger partial charge is 0.488 e. The third-order valence-electron chi connectivity index (χ3n) is 4.03. The Hall–Kier alpha value is -3.15. The van der Waals surface area contributed by atoms with Crippen molar-refractivity contribution in [2.45, 2.75) is 13.5 Å². The Morgan fingerprint density at radius 1 is 1.25 bits per heavy atom. The Labute approximate surface area is 139 Å². The predicted octanol–water partition coefficient (Wildman–Crippen LogP) is 2.94. The van der Waals surface area contributed by atoms with Gasteiger partial charge in [-0.05, 0) is 30.7 Å². The number of nitrogens with zero attached hydrogens (tertiary/aromatic N) is 3. The molecule has 1 aliphatic rings. The van der Waals surface area contributed by atoms with Crippen molar-refractivity contribution < 1.29 is 9.53 Å². The number of rotatable bonds is 2. The number of ether oxygens (including phenoxy) is 1. The van der Waals surface area contributed by atoms with Gasteiger partial charge in [0.1, 0.15) is 18.2 Å². The Morgan fingerprint density at radius 3 is 2.88 bits per heavy atom. The van der Waals surface area contributed by atoms with E-state index in [1.54, 1.807) is 16.9 Å². The van der Waals surface area contributed by atoms with Crippen LogP contribution >= 0.6 is 0 Å². The Morgan fingerprint density at radius 2 is 2.08 bits per heavy atom. The van der Waals surface area contributed by atoms with Crippen molar-refractivity contribution in [3.8, 4) is 17.0 Å². The summed E-state index contributed by atoms with van der Waals surface area (Å²) in [6.07, 6.45) is 1.71. The number of amides is 1. The first kappa shape index (κ1) is 14.4. The van der Waals surface area contributed by atoms with Crippen LogP contribution in [-0.4, -0.2) is 20.7 Å². The number of aryl methyl sites for hydroxylation is 2. The smallest absolute Gasteiger partial charge is 0.277 e. The highest BCUT2D eigenvalue weighted by Gasteiger charge is 2.28. The first-order chi connectivity index (χ1) is 11.6. The van der Waals surface area contributed by atoms with Crippen LogP contribution in [0.25, 0.3) is 11.3 Å². The van der Waals surface area contributed by atoms with E-state index in [0.29, 0.717) is 18.1 Å². The van der Waals surface area contributed by atoms with E-state index in [0.717, 1.165) is 28.1 Å². The SMILES string of the molecule is Cc1ccc(NC(=O)c2nn(C)c3c2COc2ccccc2-3)nc1. The highest BCUT2D eigenvalue weighted by Crippen LogP contribution is 2.38. The number of aromatic nitrogens is 3. The summed E-state index contributed by atoms with van der Waals surface area (Å²) in [5.74, 6) is 1.02. The quantitative estimate of drug-likeness (QED) is 0.788. The maximum absolute atomic E-state index is 12.6. The van der Waals surface area contributed by atoms with Gasteiger partial charge in [-0.1, -0.05) is 18.2 Å². The van der Waals surface area contributed by atoms with Gasteiger partial charge in [0.05, 0.1) is 5.69 Å². The number of hydrogen-bond acceptors (Lipinski definition) is 4. The number of fused-ring (bicyclic) bond motifs is 3. The molecule has 0 unspecified atom stereocenters. The van der Waals surface area contributed by atoms with E-state index in [9.17, 15) is 4.79 Å². The minimum absolute atomic E-state index is 0.286. The highest BCUT2D eigenvalue weighted by atomic mass is 16.5. The van der Waals surface area contributed by atoms with E-state index in [2.05, 4.69) is 15.4 Å². The molecule has 0 fully saturated rings. The molecule has 0 spiro atoms. The first-order valence-electron chi connectivity index (χ1n) is 7.65. The van der Waals surface area contributed by atoms with Gasteiger partial charge >= 0.3 is 0 Å². The van der Waals surface area contributed by atoms with E-state index in [1.165, 1.54) is 0 Å². The molecule has 24 heavy (non-hydrogen) atoms. The number of carbonyl (C=O) groups is 1. The number of anilines is 1. The fourth-order valence-electron chi connectivity index (χ4n) is 2.88. The molecule has 3 heterocycles. The van der Waals surface area contributed by atoms with Crippen molar-refractivity contribution in [1.82, 2.24) is 14.8 Å². The van der Waals surface area contributed by atoms with Crippen molar-refractivity contribution in [2.24, 2.45) is 7.05 Å². The van der Waals surface area contributed by atoms with Crippen LogP contribution in [0.3, 0.4) is 0 Å². The molecule has 6 heteroatoms. The van der Waals surface area contributed by atoms with Crippen LogP contribution in [-0.2, 0) is 13.7 Å². The minimum atomic E-state index is -0.286. The molecule has 0 aliphatic carbocycles. The van der Waals surface area contributed by atoms with Crippen LogP contribution < -0.4 is 10.1 Å². The zero-order valence-electron chi connectivity index (χ0n) is 13.4. The zero-order chi connectivity index (χ0) is 16.7. The summed E-state index contributed by atoms with van der Waals surface area (Å²) in [5.41, 5.74) is 4.05. The lowest BCUT2D eigenvalue weighted by Crippen LogP contribution is -2.17. The fraction of sp³-hybridized carbons (Fsp3) is 0.167. The van der Waals surface area contributed by atoms with Gasteiger partial charge < -0.3 is 10.1 Å². The van der Waals surface area contributed by atoms with Gasteiger partial charge in [0.2, 0.25) is 0 Å². The summed E-state index contributed by atoms with van der Waals surface area (Å²) in [6.45, 7) is 2.27. The molecule has 0 atom stereocenters. The second-order valence-corrected chi connectivity index (χ2v) is 5.76. The molecule has 1 N–H and O–H groups in total. The van der Waals surface area contributed by atoms with Crippen molar-refractivity contribution in [3.05, 3.63) is 59.4 Å². The third kappa shape index (κ3) is 2.32. The van der Waals surface area contributed by atoms with Gasteiger partial charge in [-0.15, -0.1) is 0 Å². The molecule has 0 saturated carbocycles. The standard InChI is InChI=1S/C18H16N4O2/c1-11-7-8-15(19-9-11)20-18(23)16-13-10-24-14-6-4-3-5-12(14)17(13)22(2)21-16/h3-9H,10H2,1-2H3,(H,19,20,23). The molecule has 0 bridgehead atoms. The second kappa shape index (κ2) is 5.49. The molecule has 1 aromatic carbocycles. The molecule has 2 aromatic heterocycles. The molecular weight excluding hydrogens is 304 g/mol. The number of nitrogens with one attached hydrogen (secondary N) is 1. The van der Waals surface area contributed by atoms with E-state index < -0.39 is 0 Å². The van der Waals surface area contributed by atoms with Gasteiger partial charge in [-0.3, -0.25) is 9.48 Å². The predicted molar refractivity (Wildman–Crippen MR) is 89.9 cm³/mol. The molecule has 120 valence electrons. The van der Waals surface area contributed by atoms with Crippen LogP contribution in [0.5, 0.6) is 5.75 Å². The van der Waals surface area contributed by atoms with E-state index in [4.69, 9.17) is 4.74 Å². The highest BCUT2D eigenvalue weighted by molar-refractivity contribution is 6.04.